The fourth-order valence-electron chi connectivity index (χ4n) is 1.69. The highest BCUT2D eigenvalue weighted by atomic mass is 32.2. The van der Waals surface area contributed by atoms with Gasteiger partial charge in [0.2, 0.25) is 5.91 Å². The largest absolute Gasteiger partial charge is 0.355 e. The number of carbonyl (C=O) groups excluding carboxylic acids is 1. The van der Waals surface area contributed by atoms with E-state index in [1.807, 2.05) is 6.92 Å². The summed E-state index contributed by atoms with van der Waals surface area (Å²) in [6.07, 6.45) is 0.805. The van der Waals surface area contributed by atoms with Crippen molar-refractivity contribution >= 4 is 15.7 Å². The molecule has 1 rings (SSSR count). The standard InChI is InChI=1S/C10H20N2O3S/c1-3-16(14,15)7-6-12-9(13)10(2)4-5-11-8-10/h11H,3-8H2,1-2H3,(H,12,13). The lowest BCUT2D eigenvalue weighted by Gasteiger charge is -2.21. The van der Waals surface area contributed by atoms with Crippen LogP contribution >= 0.6 is 0 Å². The SMILES string of the molecule is CCS(=O)(=O)CCNC(=O)C1(C)CCNC1. The maximum atomic E-state index is 11.8. The predicted octanol–water partition coefficient (Wildman–Crippen LogP) is -0.463. The first kappa shape index (κ1) is 13.4. The summed E-state index contributed by atoms with van der Waals surface area (Å²) in [5, 5.41) is 5.83. The molecule has 1 saturated heterocycles. The summed E-state index contributed by atoms with van der Waals surface area (Å²) < 4.78 is 22.4. The highest BCUT2D eigenvalue weighted by Gasteiger charge is 2.35. The molecule has 5 nitrogen and oxygen atoms in total. The molecule has 6 heteroatoms. The van der Waals surface area contributed by atoms with Crippen LogP contribution in [0.3, 0.4) is 0 Å². The summed E-state index contributed by atoms with van der Waals surface area (Å²) in [5.74, 6) is 0.101. The zero-order valence-corrected chi connectivity index (χ0v) is 10.7. The Balaban J connectivity index is 2.36. The highest BCUT2D eigenvalue weighted by Crippen LogP contribution is 2.24. The number of nitrogens with one attached hydrogen (secondary N) is 2. The Hall–Kier alpha value is -0.620. The molecule has 1 fully saturated rings. The molecule has 0 aliphatic carbocycles. The summed E-state index contributed by atoms with van der Waals surface area (Å²) >= 11 is 0. The van der Waals surface area contributed by atoms with Crippen LogP contribution in [0.25, 0.3) is 0 Å². The number of carbonyl (C=O) groups is 1. The summed E-state index contributed by atoms with van der Waals surface area (Å²) in [4.78, 5) is 11.8. The van der Waals surface area contributed by atoms with Crippen molar-refractivity contribution in [2.75, 3.05) is 31.1 Å². The molecule has 0 bridgehead atoms. The van der Waals surface area contributed by atoms with E-state index in [0.717, 1.165) is 13.0 Å². The summed E-state index contributed by atoms with van der Waals surface area (Å²) in [7, 11) is -2.99. The second kappa shape index (κ2) is 5.14. The minimum absolute atomic E-state index is 0.0265. The zero-order chi connectivity index (χ0) is 12.2. The third-order valence-corrected chi connectivity index (χ3v) is 4.76. The van der Waals surface area contributed by atoms with Crippen LogP contribution in [0.15, 0.2) is 0 Å². The molecule has 1 atom stereocenters. The molecular weight excluding hydrogens is 228 g/mol. The van der Waals surface area contributed by atoms with Gasteiger partial charge in [-0.3, -0.25) is 4.79 Å². The van der Waals surface area contributed by atoms with E-state index in [1.54, 1.807) is 6.92 Å². The van der Waals surface area contributed by atoms with Crippen LogP contribution in [0.5, 0.6) is 0 Å². The molecule has 0 saturated carbocycles. The fourth-order valence-corrected chi connectivity index (χ4v) is 2.39. The minimum atomic E-state index is -2.99. The van der Waals surface area contributed by atoms with Gasteiger partial charge < -0.3 is 10.6 Å². The number of rotatable bonds is 5. The summed E-state index contributed by atoms with van der Waals surface area (Å²) in [6.45, 7) is 5.23. The number of sulfone groups is 1. The van der Waals surface area contributed by atoms with E-state index in [1.165, 1.54) is 0 Å². The summed E-state index contributed by atoms with van der Waals surface area (Å²) in [6, 6.07) is 0. The Morgan fingerprint density at radius 3 is 2.69 bits per heavy atom. The quantitative estimate of drug-likeness (QED) is 0.690. The molecule has 0 radical (unpaired) electrons. The topological polar surface area (TPSA) is 75.3 Å². The van der Waals surface area contributed by atoms with Gasteiger partial charge in [-0.2, -0.15) is 0 Å². The molecule has 0 aromatic heterocycles. The van der Waals surface area contributed by atoms with Crippen LogP contribution < -0.4 is 10.6 Å². The number of hydrogen-bond donors (Lipinski definition) is 2. The highest BCUT2D eigenvalue weighted by molar-refractivity contribution is 7.91. The third kappa shape index (κ3) is 3.45. The lowest BCUT2D eigenvalue weighted by atomic mass is 9.89. The van der Waals surface area contributed by atoms with Gasteiger partial charge in [0.1, 0.15) is 0 Å². The van der Waals surface area contributed by atoms with Crippen LogP contribution in [0.1, 0.15) is 20.3 Å². The van der Waals surface area contributed by atoms with E-state index in [4.69, 9.17) is 0 Å². The third-order valence-electron chi connectivity index (χ3n) is 3.06. The molecule has 1 aliphatic heterocycles. The van der Waals surface area contributed by atoms with Gasteiger partial charge in [-0.25, -0.2) is 8.42 Å². The van der Waals surface area contributed by atoms with E-state index >= 15 is 0 Å². The first-order valence-corrected chi connectivity index (χ1v) is 7.41. The van der Waals surface area contributed by atoms with Crippen molar-refractivity contribution in [1.82, 2.24) is 10.6 Å². The number of amides is 1. The minimum Gasteiger partial charge on any atom is -0.355 e. The Bertz CT molecular complexity index is 345. The first-order chi connectivity index (χ1) is 7.40. The van der Waals surface area contributed by atoms with E-state index < -0.39 is 9.84 Å². The molecule has 1 amide bonds. The Labute approximate surface area is 96.9 Å². The van der Waals surface area contributed by atoms with Crippen molar-refractivity contribution in [2.24, 2.45) is 5.41 Å². The molecule has 1 aliphatic rings. The lowest BCUT2D eigenvalue weighted by Crippen LogP contribution is -2.42. The van der Waals surface area contributed by atoms with E-state index in [-0.39, 0.29) is 29.4 Å². The van der Waals surface area contributed by atoms with E-state index in [9.17, 15) is 13.2 Å². The van der Waals surface area contributed by atoms with E-state index in [2.05, 4.69) is 10.6 Å². The first-order valence-electron chi connectivity index (χ1n) is 5.59. The molecule has 0 spiro atoms. The predicted molar refractivity (Wildman–Crippen MR) is 62.9 cm³/mol. The van der Waals surface area contributed by atoms with Gasteiger partial charge in [-0.05, 0) is 19.9 Å². The van der Waals surface area contributed by atoms with Crippen molar-refractivity contribution in [3.8, 4) is 0 Å². The fraction of sp³-hybridized carbons (Fsp3) is 0.900. The zero-order valence-electron chi connectivity index (χ0n) is 9.88. The smallest absolute Gasteiger partial charge is 0.227 e. The van der Waals surface area contributed by atoms with Gasteiger partial charge in [-0.15, -0.1) is 0 Å². The second-order valence-electron chi connectivity index (χ2n) is 4.48. The molecule has 1 heterocycles. The Morgan fingerprint density at radius 1 is 1.50 bits per heavy atom. The molecule has 16 heavy (non-hydrogen) atoms. The van der Waals surface area contributed by atoms with Crippen molar-refractivity contribution in [2.45, 2.75) is 20.3 Å². The molecule has 0 aromatic rings. The van der Waals surface area contributed by atoms with Gasteiger partial charge in [0.25, 0.3) is 0 Å². The Morgan fingerprint density at radius 2 is 2.19 bits per heavy atom. The molecular formula is C10H20N2O3S. The second-order valence-corrected chi connectivity index (χ2v) is 6.95. The van der Waals surface area contributed by atoms with Crippen LogP contribution in [0.2, 0.25) is 0 Å². The maximum absolute atomic E-state index is 11.8. The molecule has 2 N–H and O–H groups in total. The van der Waals surface area contributed by atoms with Gasteiger partial charge in [0.15, 0.2) is 9.84 Å². The van der Waals surface area contributed by atoms with Crippen molar-refractivity contribution in [3.63, 3.8) is 0 Å². The normalized spacial score (nSPS) is 25.6. The van der Waals surface area contributed by atoms with Crippen molar-refractivity contribution in [1.29, 1.82) is 0 Å². The van der Waals surface area contributed by atoms with Crippen molar-refractivity contribution < 1.29 is 13.2 Å². The van der Waals surface area contributed by atoms with Crippen LogP contribution in [-0.4, -0.2) is 45.5 Å². The number of hydrogen-bond acceptors (Lipinski definition) is 4. The Kier molecular flexibility index (Phi) is 4.32. The van der Waals surface area contributed by atoms with Gasteiger partial charge >= 0.3 is 0 Å². The van der Waals surface area contributed by atoms with E-state index in [0.29, 0.717) is 6.54 Å². The molecule has 94 valence electrons. The van der Waals surface area contributed by atoms with Gasteiger partial charge in [0.05, 0.1) is 11.2 Å². The average Bonchev–Trinajstić information content (AvgIpc) is 2.66. The maximum Gasteiger partial charge on any atom is 0.227 e. The van der Waals surface area contributed by atoms with Crippen molar-refractivity contribution in [3.05, 3.63) is 0 Å². The van der Waals surface area contributed by atoms with Crippen LogP contribution in [0.4, 0.5) is 0 Å². The van der Waals surface area contributed by atoms with Crippen LogP contribution in [0, 0.1) is 5.41 Å². The molecule has 1 unspecified atom stereocenters. The van der Waals surface area contributed by atoms with Gasteiger partial charge in [-0.1, -0.05) is 6.92 Å². The van der Waals surface area contributed by atoms with Gasteiger partial charge in [0, 0.05) is 18.8 Å². The monoisotopic (exact) mass is 248 g/mol. The molecule has 0 aromatic carbocycles. The average molecular weight is 248 g/mol. The summed E-state index contributed by atoms with van der Waals surface area (Å²) in [5.41, 5.74) is -0.379. The van der Waals surface area contributed by atoms with Crippen LogP contribution in [-0.2, 0) is 14.6 Å². The lowest BCUT2D eigenvalue weighted by molar-refractivity contribution is -0.129.